The van der Waals surface area contributed by atoms with Crippen molar-refractivity contribution >= 4 is 87.2 Å². The summed E-state index contributed by atoms with van der Waals surface area (Å²) in [7, 11) is 0. The number of hydrogen-bond donors (Lipinski definition) is 1. The van der Waals surface area contributed by atoms with Crippen molar-refractivity contribution in [2.75, 3.05) is 0 Å². The normalized spacial score (nSPS) is 11.5. The second-order valence-corrected chi connectivity index (χ2v) is 30.6. The van der Waals surface area contributed by atoms with Crippen LogP contribution in [0, 0.1) is 0 Å². The molecule has 0 saturated heterocycles. The Kier molecular flexibility index (Phi) is 17.8. The van der Waals surface area contributed by atoms with Gasteiger partial charge in [0.15, 0.2) is 52.4 Å². The molecule has 0 aliphatic heterocycles. The number of nitrogens with zero attached hydrogens (tertiary/aromatic N) is 15. The Morgan fingerprint density at radius 3 is 0.710 bits per heavy atom. The summed E-state index contributed by atoms with van der Waals surface area (Å²) < 4.78 is 7.02. The van der Waals surface area contributed by atoms with Crippen molar-refractivity contribution in [3.05, 3.63) is 407 Å². The Bertz CT molecular complexity index is 7730. The highest BCUT2D eigenvalue weighted by Gasteiger charge is 2.23. The molecule has 16 heteroatoms. The highest BCUT2D eigenvalue weighted by molar-refractivity contribution is 6.14. The summed E-state index contributed by atoms with van der Waals surface area (Å²) in [5.41, 5.74) is 24.9. The van der Waals surface area contributed by atoms with E-state index in [1.165, 1.54) is 54.2 Å². The third kappa shape index (κ3) is 13.2. The molecule has 580 valence electrons. The average Bonchev–Trinajstić information content (AvgIpc) is 1.59. The molecule has 14 aromatic carbocycles. The summed E-state index contributed by atoms with van der Waals surface area (Å²) in [6.07, 6.45) is 10.6. The number of benzene rings is 14. The zero-order valence-electron chi connectivity index (χ0n) is 66.4. The predicted molar refractivity (Wildman–Crippen MR) is 499 cm³/mol. The van der Waals surface area contributed by atoms with Gasteiger partial charge in [-0.1, -0.05) is 188 Å². The zero-order chi connectivity index (χ0) is 82.0. The van der Waals surface area contributed by atoms with Crippen LogP contribution in [0.25, 0.3) is 229 Å². The predicted octanol–water partition coefficient (Wildman–Crippen LogP) is 25.4. The van der Waals surface area contributed by atoms with E-state index in [2.05, 4.69) is 276 Å². The van der Waals surface area contributed by atoms with Crippen molar-refractivity contribution in [3.63, 3.8) is 0 Å². The minimum Gasteiger partial charge on any atom is -0.355 e. The quantitative estimate of drug-likeness (QED) is 0.109. The van der Waals surface area contributed by atoms with Crippen LogP contribution in [0.2, 0.25) is 0 Å². The third-order valence-electron chi connectivity index (χ3n) is 23.1. The third-order valence-corrected chi connectivity index (χ3v) is 23.1. The van der Waals surface area contributed by atoms with Gasteiger partial charge >= 0.3 is 0 Å². The van der Waals surface area contributed by atoms with Crippen molar-refractivity contribution in [1.29, 1.82) is 0 Å². The average molecular weight is 1590 g/mol. The Morgan fingerprint density at radius 1 is 0.161 bits per heavy atom. The first-order valence-electron chi connectivity index (χ1n) is 41.0. The number of aromatic nitrogens is 16. The molecule has 16 nitrogen and oxygen atoms in total. The van der Waals surface area contributed by atoms with Crippen LogP contribution in [-0.2, 0) is 0 Å². The molecule has 0 radical (unpaired) electrons. The zero-order valence-corrected chi connectivity index (χ0v) is 66.4. The fourth-order valence-corrected chi connectivity index (χ4v) is 17.1. The molecule has 24 rings (SSSR count). The Hall–Kier alpha value is -17.2. The van der Waals surface area contributed by atoms with Crippen LogP contribution in [0.1, 0.15) is 0 Å². The van der Waals surface area contributed by atoms with E-state index in [1.807, 2.05) is 127 Å². The van der Waals surface area contributed by atoms with Gasteiger partial charge < -0.3 is 18.7 Å². The molecule has 0 atom stereocenters. The highest BCUT2D eigenvalue weighted by Crippen LogP contribution is 2.42. The molecule has 0 saturated carbocycles. The van der Waals surface area contributed by atoms with E-state index in [9.17, 15) is 0 Å². The van der Waals surface area contributed by atoms with Crippen LogP contribution in [0.15, 0.2) is 407 Å². The van der Waals surface area contributed by atoms with E-state index in [0.29, 0.717) is 52.4 Å². The van der Waals surface area contributed by atoms with Crippen LogP contribution < -0.4 is 0 Å². The van der Waals surface area contributed by atoms with Crippen molar-refractivity contribution in [2.45, 2.75) is 0 Å². The molecule has 1 N–H and O–H groups in total. The molecule has 0 unspecified atom stereocenters. The topological polar surface area (TPSA) is 185 Å². The van der Waals surface area contributed by atoms with E-state index in [1.54, 1.807) is 37.2 Å². The number of fused-ring (bicyclic) bond motifs is 12. The number of hydrogen-bond acceptors (Lipinski definition) is 12. The molecule has 0 bridgehead atoms. The molecular formula is C108H68N16. The lowest BCUT2D eigenvalue weighted by molar-refractivity contribution is 1.07. The first-order valence-corrected chi connectivity index (χ1v) is 41.0. The van der Waals surface area contributed by atoms with Gasteiger partial charge in [0.2, 0.25) is 0 Å². The van der Waals surface area contributed by atoms with Crippen molar-refractivity contribution in [3.8, 4) is 142 Å². The number of pyridine rings is 3. The Morgan fingerprint density at radius 2 is 0.395 bits per heavy atom. The maximum atomic E-state index is 4.96. The lowest BCUT2D eigenvalue weighted by Crippen LogP contribution is -2.00. The van der Waals surface area contributed by atoms with E-state index < -0.39 is 0 Å². The second-order valence-electron chi connectivity index (χ2n) is 30.6. The van der Waals surface area contributed by atoms with Crippen LogP contribution in [0.5, 0.6) is 0 Å². The van der Waals surface area contributed by atoms with E-state index in [4.69, 9.17) is 44.9 Å². The first kappa shape index (κ1) is 72.0. The maximum Gasteiger partial charge on any atom is 0.165 e. The van der Waals surface area contributed by atoms with Gasteiger partial charge in [-0.3, -0.25) is 15.0 Å². The van der Waals surface area contributed by atoms with Gasteiger partial charge in [-0.2, -0.15) is 0 Å². The highest BCUT2D eigenvalue weighted by atomic mass is 15.1. The van der Waals surface area contributed by atoms with Gasteiger partial charge in [-0.25, -0.2) is 44.9 Å². The molecule has 0 aliphatic rings. The lowest BCUT2D eigenvalue weighted by atomic mass is 10.0. The largest absolute Gasteiger partial charge is 0.355 e. The van der Waals surface area contributed by atoms with E-state index in [-0.39, 0.29) is 0 Å². The molecular weight excluding hydrogens is 1520 g/mol. The summed E-state index contributed by atoms with van der Waals surface area (Å²) in [6.45, 7) is 0. The van der Waals surface area contributed by atoms with Crippen LogP contribution in [0.4, 0.5) is 0 Å². The van der Waals surface area contributed by atoms with Gasteiger partial charge in [-0.15, -0.1) is 0 Å². The molecule has 0 aliphatic carbocycles. The van der Waals surface area contributed by atoms with Crippen LogP contribution in [-0.4, -0.2) is 78.5 Å². The van der Waals surface area contributed by atoms with Gasteiger partial charge in [0.25, 0.3) is 0 Å². The molecule has 10 heterocycles. The monoisotopic (exact) mass is 1590 g/mol. The van der Waals surface area contributed by atoms with E-state index in [0.717, 1.165) is 122 Å². The maximum absolute atomic E-state index is 4.96. The molecule has 0 fully saturated rings. The molecule has 10 aromatic heterocycles. The SMILES string of the molecule is c1ccc(-c2nc(-c3ccc(-n4c5ccccc5c5cc(-c6ccc7[nH]c8ccccc8c7c6)ccc54)cc3)nc(-c3cccnc3)n2)cc1.c1ccc(-c2nc(-c3ccc(-n4c5ccccc5c5cc(-c6ccc7c(c6)c6ccccc6n7-c6ccc(-c7nc(-c8ccccc8)nc(-c8cccnc8)n7)cc6)ccc54)cc3)nc(-c3cccnc3)n2)cc1. The van der Waals surface area contributed by atoms with Gasteiger partial charge in [0.05, 0.1) is 33.1 Å². The molecule has 24 aromatic rings. The molecule has 0 spiro atoms. The molecule has 0 amide bonds. The van der Waals surface area contributed by atoms with Crippen molar-refractivity contribution < 1.29 is 0 Å². The number of para-hydroxylation sites is 4. The summed E-state index contributed by atoms with van der Waals surface area (Å²) >= 11 is 0. The fraction of sp³-hybridized carbons (Fsp3) is 0. The summed E-state index contributed by atoms with van der Waals surface area (Å²) in [6, 6.07) is 129. The summed E-state index contributed by atoms with van der Waals surface area (Å²) in [5.74, 6) is 5.40. The summed E-state index contributed by atoms with van der Waals surface area (Å²) in [5, 5.41) is 9.63. The number of nitrogens with one attached hydrogen (secondary N) is 1. The molecule has 124 heavy (non-hydrogen) atoms. The summed E-state index contributed by atoms with van der Waals surface area (Å²) in [4.78, 5) is 60.6. The van der Waals surface area contributed by atoms with Gasteiger partial charge in [0, 0.05) is 158 Å². The van der Waals surface area contributed by atoms with Gasteiger partial charge in [0.1, 0.15) is 0 Å². The lowest BCUT2D eigenvalue weighted by Gasteiger charge is -2.11. The van der Waals surface area contributed by atoms with Crippen molar-refractivity contribution in [1.82, 2.24) is 78.5 Å². The van der Waals surface area contributed by atoms with Crippen LogP contribution >= 0.6 is 0 Å². The van der Waals surface area contributed by atoms with E-state index >= 15 is 0 Å². The fourth-order valence-electron chi connectivity index (χ4n) is 17.1. The Balaban J connectivity index is 0.000000154. The standard InChI is InChI=1S/C64H40N10.C44H28N6/c1-3-13-41(14-4-1)59-67-61(71-63(69-59)47-17-11-35-65-39-47)43-23-29-49(30-24-43)73-55-21-9-7-19-51(55)53-37-45(27-33-57(53)73)46-28-34-58-54(38-46)52-20-8-10-22-56(52)74(58)50-31-25-44(26-32-50)62-68-60(42-15-5-2-6-16-42)70-64(72-62)48-18-12-36-66-40-48;1-2-9-28(10-3-1)42-47-43(49-44(48-42)32-11-8-24-45-27-32)29-16-20-33(21-17-29)50-40-15-7-5-13-35(40)37-26-31(19-23-41(37)50)30-18-22-39-36(25-30)34-12-4-6-14-38(34)46-39/h1-40H;1-27,46H. The van der Waals surface area contributed by atoms with Gasteiger partial charge in [-0.05, 0) is 204 Å². The number of aromatic amines is 1. The number of rotatable bonds is 14. The second kappa shape index (κ2) is 30.6. The van der Waals surface area contributed by atoms with Crippen molar-refractivity contribution in [2.24, 2.45) is 0 Å². The van der Waals surface area contributed by atoms with Crippen LogP contribution in [0.3, 0.4) is 0 Å². The first-order chi connectivity index (χ1) is 61.4. The smallest absolute Gasteiger partial charge is 0.165 e. The Labute approximate surface area is 710 Å². The minimum atomic E-state index is 0.576. The minimum absolute atomic E-state index is 0.576. The number of H-pyrrole nitrogens is 1.